The fraction of sp³-hybridized carbons (Fsp3) is 0.143. The van der Waals surface area contributed by atoms with E-state index >= 15 is 0 Å². The number of carbonyl (C=O) groups is 2. The Morgan fingerprint density at radius 3 is 1.58 bits per heavy atom. The SMILES string of the molecule is N#C/C(=C\c1ccc(N(C2=CCC(OC3=CC=CCC3)C=C2)c2ccc(-c3ccc(N(C4=CCC(/C=C(\C#N)C(=O)O)C=C4)c4ccc(OC5=CC=CCC5)cc4)cc3)cc2)cc1)C(=O)O. The molecule has 2 N–H and O–H groups in total. The van der Waals surface area contributed by atoms with Crippen molar-refractivity contribution in [1.29, 1.82) is 10.5 Å². The fourth-order valence-corrected chi connectivity index (χ4v) is 8.01. The number of nitrogens with zero attached hydrogens (tertiary/aromatic N) is 4. The summed E-state index contributed by atoms with van der Waals surface area (Å²) in [6.07, 6.45) is 32.2. The molecule has 0 amide bonds. The largest absolute Gasteiger partial charge is 0.490 e. The monoisotopic (exact) mass is 870 g/mol. The molecule has 0 fully saturated rings. The van der Waals surface area contributed by atoms with Crippen LogP contribution in [0.4, 0.5) is 22.7 Å². The molecule has 4 aromatic carbocycles. The van der Waals surface area contributed by atoms with Crippen molar-refractivity contribution in [3.63, 3.8) is 0 Å². The number of allylic oxidation sites excluding steroid dienone is 13. The Hall–Kier alpha value is -8.60. The molecule has 0 aromatic heterocycles. The summed E-state index contributed by atoms with van der Waals surface area (Å²) in [7, 11) is 0. The Morgan fingerprint density at radius 1 is 0.621 bits per heavy atom. The molecule has 4 aromatic rings. The van der Waals surface area contributed by atoms with Crippen LogP contribution >= 0.6 is 0 Å². The molecule has 0 aliphatic heterocycles. The van der Waals surface area contributed by atoms with E-state index in [4.69, 9.17) is 9.47 Å². The molecule has 0 radical (unpaired) electrons. The van der Waals surface area contributed by atoms with Crippen molar-refractivity contribution < 1.29 is 29.3 Å². The van der Waals surface area contributed by atoms with Gasteiger partial charge in [0.15, 0.2) is 0 Å². The van der Waals surface area contributed by atoms with E-state index < -0.39 is 11.9 Å². The van der Waals surface area contributed by atoms with E-state index in [1.54, 1.807) is 24.3 Å². The summed E-state index contributed by atoms with van der Waals surface area (Å²) in [6.45, 7) is 0. The van der Waals surface area contributed by atoms with E-state index in [1.165, 1.54) is 12.2 Å². The van der Waals surface area contributed by atoms with Gasteiger partial charge in [-0.25, -0.2) is 9.59 Å². The topological polar surface area (TPSA) is 147 Å². The number of nitriles is 2. The van der Waals surface area contributed by atoms with E-state index in [1.807, 2.05) is 72.9 Å². The van der Waals surface area contributed by atoms with Crippen LogP contribution in [0.3, 0.4) is 0 Å². The summed E-state index contributed by atoms with van der Waals surface area (Å²) in [5, 5.41) is 37.5. The summed E-state index contributed by atoms with van der Waals surface area (Å²) in [5.41, 5.74) is 7.48. The molecule has 0 saturated carbocycles. The van der Waals surface area contributed by atoms with Gasteiger partial charge in [-0.2, -0.15) is 10.5 Å². The number of hydrogen-bond acceptors (Lipinski definition) is 8. The Balaban J connectivity index is 1.06. The zero-order valence-electron chi connectivity index (χ0n) is 36.0. The summed E-state index contributed by atoms with van der Waals surface area (Å²) in [4.78, 5) is 27.3. The van der Waals surface area contributed by atoms with Gasteiger partial charge in [-0.15, -0.1) is 0 Å². The summed E-state index contributed by atoms with van der Waals surface area (Å²) in [5.74, 6) is -0.109. The molecule has 0 bridgehead atoms. The van der Waals surface area contributed by atoms with E-state index in [2.05, 4.69) is 94.8 Å². The number of ether oxygens (including phenoxy) is 2. The van der Waals surface area contributed by atoms with Crippen LogP contribution in [0.1, 0.15) is 44.1 Å². The second-order valence-corrected chi connectivity index (χ2v) is 15.9. The molecule has 4 aliphatic rings. The molecule has 10 nitrogen and oxygen atoms in total. The zero-order valence-corrected chi connectivity index (χ0v) is 36.0. The number of hydrogen-bond donors (Lipinski definition) is 2. The highest BCUT2D eigenvalue weighted by Crippen LogP contribution is 2.38. The predicted molar refractivity (Wildman–Crippen MR) is 257 cm³/mol. The minimum atomic E-state index is -1.27. The average molecular weight is 871 g/mol. The molecule has 4 aliphatic carbocycles. The molecule has 326 valence electrons. The number of anilines is 4. The van der Waals surface area contributed by atoms with E-state index in [-0.39, 0.29) is 23.2 Å². The van der Waals surface area contributed by atoms with Gasteiger partial charge in [0.2, 0.25) is 0 Å². The van der Waals surface area contributed by atoms with Crippen LogP contribution in [0.25, 0.3) is 17.2 Å². The second kappa shape index (κ2) is 20.7. The van der Waals surface area contributed by atoms with E-state index in [9.17, 15) is 30.3 Å². The van der Waals surface area contributed by atoms with Crippen molar-refractivity contribution in [2.24, 2.45) is 5.92 Å². The third-order valence-corrected chi connectivity index (χ3v) is 11.4. The molecule has 2 unspecified atom stereocenters. The van der Waals surface area contributed by atoms with Crippen LogP contribution in [-0.4, -0.2) is 28.3 Å². The lowest BCUT2D eigenvalue weighted by atomic mass is 9.96. The summed E-state index contributed by atoms with van der Waals surface area (Å²) < 4.78 is 12.5. The normalized spacial score (nSPS) is 17.8. The van der Waals surface area contributed by atoms with Gasteiger partial charge in [0.05, 0.1) is 5.76 Å². The molecule has 10 heteroatoms. The van der Waals surface area contributed by atoms with Gasteiger partial charge in [0.1, 0.15) is 40.9 Å². The third kappa shape index (κ3) is 10.8. The number of rotatable bonds is 15. The maximum atomic E-state index is 11.5. The maximum Gasteiger partial charge on any atom is 0.346 e. The van der Waals surface area contributed by atoms with Gasteiger partial charge in [-0.1, -0.05) is 85.0 Å². The van der Waals surface area contributed by atoms with Gasteiger partial charge < -0.3 is 29.5 Å². The summed E-state index contributed by atoms with van der Waals surface area (Å²) >= 11 is 0. The highest BCUT2D eigenvalue weighted by atomic mass is 16.5. The highest BCUT2D eigenvalue weighted by molar-refractivity contribution is 5.96. The lowest BCUT2D eigenvalue weighted by molar-refractivity contribution is -0.133. The van der Waals surface area contributed by atoms with Crippen LogP contribution in [0.5, 0.6) is 5.75 Å². The first kappa shape index (κ1) is 44.0. The van der Waals surface area contributed by atoms with Crippen LogP contribution in [0, 0.1) is 28.6 Å². The smallest absolute Gasteiger partial charge is 0.346 e. The first-order valence-corrected chi connectivity index (χ1v) is 21.8. The second-order valence-electron chi connectivity index (χ2n) is 15.9. The Morgan fingerprint density at radius 2 is 1.12 bits per heavy atom. The molecule has 8 rings (SSSR count). The van der Waals surface area contributed by atoms with Gasteiger partial charge in [0, 0.05) is 59.3 Å². The number of carboxylic acids is 2. The molecular formula is C56H46N4O6. The lowest BCUT2D eigenvalue weighted by Gasteiger charge is -2.30. The van der Waals surface area contributed by atoms with E-state index in [0.717, 1.165) is 88.2 Å². The van der Waals surface area contributed by atoms with Crippen molar-refractivity contribution in [3.05, 3.63) is 216 Å². The lowest BCUT2D eigenvalue weighted by Crippen LogP contribution is -2.20. The van der Waals surface area contributed by atoms with Crippen LogP contribution in [-0.2, 0) is 14.3 Å². The minimum absolute atomic E-state index is 0.0844. The Bertz CT molecular complexity index is 2880. The first-order valence-electron chi connectivity index (χ1n) is 21.8. The zero-order chi connectivity index (χ0) is 45.8. The summed E-state index contributed by atoms with van der Waals surface area (Å²) in [6, 6.07) is 35.6. The van der Waals surface area contributed by atoms with Gasteiger partial charge in [-0.05, 0) is 133 Å². The van der Waals surface area contributed by atoms with Crippen molar-refractivity contribution in [1.82, 2.24) is 0 Å². The molecule has 2 atom stereocenters. The number of benzene rings is 4. The van der Waals surface area contributed by atoms with Gasteiger partial charge in [0.25, 0.3) is 0 Å². The molecule has 0 spiro atoms. The standard InChI is InChI=1S/C56H46N4O6/c57-37-43(55(61)62)35-39-11-19-45(20-12-39)59(49-27-31-53(32-28-49)65-51-7-3-1-4-8-51)47-23-15-41(16-24-47)42-17-25-48(26-18-42)60(46-21-13-40(14-22-46)36-44(38-58)56(63)64)50-29-33-54(34-30-50)66-52-9-5-2-6-10-52/h1-3,5,7,9,11-13,15-31,33-36,40,53H,4,6,8,10,14,32H2,(H,61,62)(H,63,64)/b43-35+,44-36+. The molecular weight excluding hydrogens is 825 g/mol. The highest BCUT2D eigenvalue weighted by Gasteiger charge is 2.21. The van der Waals surface area contributed by atoms with Crippen molar-refractivity contribution >= 4 is 40.8 Å². The Kier molecular flexibility index (Phi) is 13.8. The number of aliphatic carboxylic acids is 2. The van der Waals surface area contributed by atoms with Crippen molar-refractivity contribution in [3.8, 4) is 29.0 Å². The predicted octanol–water partition coefficient (Wildman–Crippen LogP) is 12.7. The van der Waals surface area contributed by atoms with Crippen LogP contribution in [0.15, 0.2) is 210 Å². The first-order chi connectivity index (χ1) is 32.2. The fourth-order valence-electron chi connectivity index (χ4n) is 8.01. The van der Waals surface area contributed by atoms with Crippen molar-refractivity contribution in [2.75, 3.05) is 9.80 Å². The number of carboxylic acid groups (broad SMARTS) is 2. The van der Waals surface area contributed by atoms with Gasteiger partial charge in [-0.3, -0.25) is 0 Å². The third-order valence-electron chi connectivity index (χ3n) is 11.4. The maximum absolute atomic E-state index is 11.5. The quantitative estimate of drug-likeness (QED) is 0.0874. The molecule has 66 heavy (non-hydrogen) atoms. The molecule has 0 heterocycles. The van der Waals surface area contributed by atoms with Crippen molar-refractivity contribution in [2.45, 2.75) is 44.6 Å². The van der Waals surface area contributed by atoms with Crippen LogP contribution < -0.4 is 14.5 Å². The minimum Gasteiger partial charge on any atom is -0.490 e. The molecule has 0 saturated heterocycles. The van der Waals surface area contributed by atoms with Crippen LogP contribution in [0.2, 0.25) is 0 Å². The Labute approximate surface area is 384 Å². The average Bonchev–Trinajstić information content (AvgIpc) is 3.35. The van der Waals surface area contributed by atoms with Gasteiger partial charge >= 0.3 is 11.9 Å². The van der Waals surface area contributed by atoms with E-state index in [0.29, 0.717) is 18.4 Å².